The minimum atomic E-state index is 0.102. The van der Waals surface area contributed by atoms with Crippen LogP contribution in [0.25, 0.3) is 0 Å². The van der Waals surface area contributed by atoms with Gasteiger partial charge in [-0.25, -0.2) is 0 Å². The highest BCUT2D eigenvalue weighted by molar-refractivity contribution is 5.31. The molecule has 0 radical (unpaired) electrons. The second kappa shape index (κ2) is 8.18. The summed E-state index contributed by atoms with van der Waals surface area (Å²) < 4.78 is 5.33. The van der Waals surface area contributed by atoms with Crippen LogP contribution >= 0.6 is 0 Å². The van der Waals surface area contributed by atoms with Crippen molar-refractivity contribution in [3.63, 3.8) is 0 Å². The molecule has 0 heterocycles. The van der Waals surface area contributed by atoms with Gasteiger partial charge in [-0.15, -0.1) is 0 Å². The highest BCUT2D eigenvalue weighted by Crippen LogP contribution is 2.27. The zero-order chi connectivity index (χ0) is 14.3. The van der Waals surface area contributed by atoms with Crippen LogP contribution in [-0.2, 0) is 0 Å². The minimum Gasteiger partial charge on any atom is -0.497 e. The molecule has 0 aliphatic carbocycles. The first-order chi connectivity index (χ1) is 9.13. The van der Waals surface area contributed by atoms with Gasteiger partial charge in [-0.1, -0.05) is 26.0 Å². The van der Waals surface area contributed by atoms with E-state index < -0.39 is 0 Å². The fraction of sp³-hybridized carbons (Fsp3) is 0.625. The Morgan fingerprint density at radius 1 is 1.21 bits per heavy atom. The lowest BCUT2D eigenvalue weighted by molar-refractivity contribution is 0.176. The highest BCUT2D eigenvalue weighted by atomic mass is 16.5. The predicted octanol–water partition coefficient (Wildman–Crippen LogP) is 3.21. The molecule has 2 unspecified atom stereocenters. The molecule has 2 N–H and O–H groups in total. The first kappa shape index (κ1) is 16.0. The smallest absolute Gasteiger partial charge is 0.119 e. The van der Waals surface area contributed by atoms with E-state index in [4.69, 9.17) is 10.5 Å². The maximum Gasteiger partial charge on any atom is 0.119 e. The number of nitrogens with zero attached hydrogens (tertiary/aromatic N) is 1. The van der Waals surface area contributed by atoms with E-state index in [1.54, 1.807) is 7.11 Å². The average Bonchev–Trinajstić information content (AvgIpc) is 2.39. The van der Waals surface area contributed by atoms with Gasteiger partial charge in [0.15, 0.2) is 0 Å². The maximum absolute atomic E-state index is 6.24. The van der Waals surface area contributed by atoms with Gasteiger partial charge in [0.25, 0.3) is 0 Å². The summed E-state index contributed by atoms with van der Waals surface area (Å²) in [5.41, 5.74) is 7.49. The summed E-state index contributed by atoms with van der Waals surface area (Å²) in [7, 11) is 1.70. The summed E-state index contributed by atoms with van der Waals surface area (Å²) >= 11 is 0. The van der Waals surface area contributed by atoms with Crippen LogP contribution in [0.1, 0.15) is 45.2 Å². The molecule has 0 saturated heterocycles. The van der Waals surface area contributed by atoms with Crippen LogP contribution in [0, 0.1) is 0 Å². The van der Waals surface area contributed by atoms with Crippen molar-refractivity contribution in [1.82, 2.24) is 4.90 Å². The Balaban J connectivity index is 3.02. The summed E-state index contributed by atoms with van der Waals surface area (Å²) in [5, 5.41) is 0. The number of hydrogen-bond donors (Lipinski definition) is 1. The largest absolute Gasteiger partial charge is 0.497 e. The van der Waals surface area contributed by atoms with E-state index in [1.807, 2.05) is 12.1 Å². The Morgan fingerprint density at radius 3 is 2.32 bits per heavy atom. The molecule has 1 rings (SSSR count). The van der Waals surface area contributed by atoms with E-state index in [2.05, 4.69) is 37.8 Å². The summed E-state index contributed by atoms with van der Waals surface area (Å²) in [4.78, 5) is 2.49. The first-order valence-corrected chi connectivity index (χ1v) is 7.27. The van der Waals surface area contributed by atoms with Crippen LogP contribution in [0.15, 0.2) is 24.3 Å². The second-order valence-electron chi connectivity index (χ2n) is 5.12. The normalized spacial score (nSPS) is 14.4. The number of benzene rings is 1. The zero-order valence-electron chi connectivity index (χ0n) is 12.7. The third-order valence-corrected chi connectivity index (χ3v) is 3.35. The van der Waals surface area contributed by atoms with Crippen molar-refractivity contribution in [2.45, 2.75) is 45.7 Å². The molecule has 0 fully saturated rings. The van der Waals surface area contributed by atoms with Crippen LogP contribution < -0.4 is 10.5 Å². The van der Waals surface area contributed by atoms with E-state index in [0.29, 0.717) is 0 Å². The summed E-state index contributed by atoms with van der Waals surface area (Å²) in [6.07, 6.45) is 2.29. The lowest BCUT2D eigenvalue weighted by atomic mass is 9.98. The zero-order valence-corrected chi connectivity index (χ0v) is 12.7. The topological polar surface area (TPSA) is 38.5 Å². The van der Waals surface area contributed by atoms with Crippen LogP contribution in [0.3, 0.4) is 0 Å². The quantitative estimate of drug-likeness (QED) is 0.783. The number of hydrogen-bond acceptors (Lipinski definition) is 3. The van der Waals surface area contributed by atoms with Gasteiger partial charge in [-0.2, -0.15) is 0 Å². The number of nitrogens with two attached hydrogens (primary N) is 1. The van der Waals surface area contributed by atoms with E-state index in [-0.39, 0.29) is 12.1 Å². The fourth-order valence-electron chi connectivity index (χ4n) is 2.64. The van der Waals surface area contributed by atoms with Crippen LogP contribution in [0.4, 0.5) is 0 Å². The van der Waals surface area contributed by atoms with Crippen LogP contribution in [0.2, 0.25) is 0 Å². The van der Waals surface area contributed by atoms with Crippen molar-refractivity contribution in [1.29, 1.82) is 0 Å². The van der Waals surface area contributed by atoms with Crippen molar-refractivity contribution in [2.75, 3.05) is 20.2 Å². The van der Waals surface area contributed by atoms with E-state index in [0.717, 1.165) is 31.7 Å². The number of methoxy groups -OCH3 is 1. The summed E-state index contributed by atoms with van der Waals surface area (Å²) in [6.45, 7) is 8.68. The summed E-state index contributed by atoms with van der Waals surface area (Å²) in [5.74, 6) is 0.899. The Bertz CT molecular complexity index is 360. The predicted molar refractivity (Wildman–Crippen MR) is 81.5 cm³/mol. The molecule has 0 aliphatic rings. The maximum atomic E-state index is 6.24. The van der Waals surface area contributed by atoms with Crippen molar-refractivity contribution in [2.24, 2.45) is 5.73 Å². The van der Waals surface area contributed by atoms with Gasteiger partial charge in [-0.05, 0) is 50.6 Å². The Hall–Kier alpha value is -1.06. The number of rotatable bonds is 8. The molecule has 108 valence electrons. The standard InChI is InChI=1S/C16H28N2O/c1-5-10-18(11-6-2)16(13(3)17)14-8-7-9-15(12-14)19-4/h7-9,12-13,16H,5-6,10-11,17H2,1-4H3. The molecule has 0 saturated carbocycles. The van der Waals surface area contributed by atoms with Crippen molar-refractivity contribution in [3.8, 4) is 5.75 Å². The Labute approximate surface area is 117 Å². The highest BCUT2D eigenvalue weighted by Gasteiger charge is 2.23. The number of ether oxygens (including phenoxy) is 1. The molecule has 0 spiro atoms. The van der Waals surface area contributed by atoms with Gasteiger partial charge < -0.3 is 10.5 Å². The Morgan fingerprint density at radius 2 is 1.84 bits per heavy atom. The van der Waals surface area contributed by atoms with Crippen LogP contribution in [0.5, 0.6) is 5.75 Å². The molecule has 3 nitrogen and oxygen atoms in total. The van der Waals surface area contributed by atoms with Gasteiger partial charge in [0.2, 0.25) is 0 Å². The monoisotopic (exact) mass is 264 g/mol. The molecular formula is C16H28N2O. The minimum absolute atomic E-state index is 0.102. The third kappa shape index (κ3) is 4.51. The lowest BCUT2D eigenvalue weighted by Gasteiger charge is -2.34. The van der Waals surface area contributed by atoms with E-state index in [9.17, 15) is 0 Å². The SMILES string of the molecule is CCCN(CCC)C(c1cccc(OC)c1)C(C)N. The van der Waals surface area contributed by atoms with Gasteiger partial charge >= 0.3 is 0 Å². The molecule has 0 amide bonds. The van der Waals surface area contributed by atoms with Gasteiger partial charge in [0.1, 0.15) is 5.75 Å². The Kier molecular flexibility index (Phi) is 6.89. The van der Waals surface area contributed by atoms with Crippen molar-refractivity contribution in [3.05, 3.63) is 29.8 Å². The van der Waals surface area contributed by atoms with Gasteiger partial charge in [0, 0.05) is 12.1 Å². The van der Waals surface area contributed by atoms with E-state index >= 15 is 0 Å². The third-order valence-electron chi connectivity index (χ3n) is 3.35. The van der Waals surface area contributed by atoms with Gasteiger partial charge in [0.05, 0.1) is 7.11 Å². The van der Waals surface area contributed by atoms with Crippen LogP contribution in [-0.4, -0.2) is 31.1 Å². The first-order valence-electron chi connectivity index (χ1n) is 7.27. The molecule has 0 bridgehead atoms. The lowest BCUT2D eigenvalue weighted by Crippen LogP contribution is -2.40. The van der Waals surface area contributed by atoms with Gasteiger partial charge in [-0.3, -0.25) is 4.90 Å². The average molecular weight is 264 g/mol. The fourth-order valence-corrected chi connectivity index (χ4v) is 2.64. The molecule has 0 aromatic heterocycles. The van der Waals surface area contributed by atoms with Crippen molar-refractivity contribution >= 4 is 0 Å². The summed E-state index contributed by atoms with van der Waals surface area (Å²) in [6, 6.07) is 8.63. The molecule has 0 aliphatic heterocycles. The molecule has 2 atom stereocenters. The van der Waals surface area contributed by atoms with E-state index in [1.165, 1.54) is 5.56 Å². The molecule has 3 heteroatoms. The van der Waals surface area contributed by atoms with Crippen molar-refractivity contribution < 1.29 is 4.74 Å². The second-order valence-corrected chi connectivity index (χ2v) is 5.12. The molecular weight excluding hydrogens is 236 g/mol. The molecule has 1 aromatic rings. The molecule has 19 heavy (non-hydrogen) atoms. The molecule has 1 aromatic carbocycles.